The molecule has 0 aliphatic carbocycles. The van der Waals surface area contributed by atoms with Gasteiger partial charge in [-0.3, -0.25) is 0 Å². The monoisotopic (exact) mass is 194 g/mol. The average molecular weight is 195 g/mol. The highest BCUT2D eigenvalue weighted by molar-refractivity contribution is 6.18. The van der Waals surface area contributed by atoms with Crippen LogP contribution in [-0.4, -0.2) is 34.5 Å². The number of esters is 1. The molecule has 0 heterocycles. The first-order valence-electron chi connectivity index (χ1n) is 3.27. The van der Waals surface area contributed by atoms with Gasteiger partial charge in [0.05, 0.1) is 5.88 Å². The van der Waals surface area contributed by atoms with Gasteiger partial charge >= 0.3 is 5.97 Å². The second-order valence-electron chi connectivity index (χ2n) is 2.30. The molecule has 0 rings (SSSR count). The van der Waals surface area contributed by atoms with E-state index in [-0.39, 0.29) is 11.5 Å². The van der Waals surface area contributed by atoms with E-state index in [9.17, 15) is 4.79 Å². The first-order chi connectivity index (χ1) is 5.49. The van der Waals surface area contributed by atoms with Gasteiger partial charge in [0, 0.05) is 5.57 Å². The molecule has 0 saturated carbocycles. The first kappa shape index (κ1) is 11.4. The zero-order valence-corrected chi connectivity index (χ0v) is 7.41. The number of hydrogen-bond donors (Lipinski definition) is 2. The van der Waals surface area contributed by atoms with Crippen LogP contribution < -0.4 is 0 Å². The topological polar surface area (TPSA) is 66.8 Å². The van der Waals surface area contributed by atoms with E-state index in [2.05, 4.69) is 11.3 Å². The first-order valence-corrected chi connectivity index (χ1v) is 3.81. The number of rotatable bonds is 4. The third-order valence-corrected chi connectivity index (χ3v) is 1.38. The number of carbonyl (C=O) groups excluding carboxylic acids is 1. The van der Waals surface area contributed by atoms with Crippen molar-refractivity contribution in [3.8, 4) is 0 Å². The van der Waals surface area contributed by atoms with Crippen molar-refractivity contribution in [3.05, 3.63) is 12.2 Å². The summed E-state index contributed by atoms with van der Waals surface area (Å²) in [7, 11) is 0. The molecule has 2 atom stereocenters. The molecule has 0 amide bonds. The standard InChI is InChI=1S/C7H11ClO4/c1-4(2)6(10)12-7(11)5(9)3-8/h5,7,9,11H,1,3H2,2H3. The van der Waals surface area contributed by atoms with E-state index in [0.29, 0.717) is 0 Å². The maximum absolute atomic E-state index is 10.7. The number of aliphatic hydroxyl groups excluding tert-OH is 2. The van der Waals surface area contributed by atoms with Crippen LogP contribution in [0, 0.1) is 0 Å². The Balaban J connectivity index is 3.92. The Hall–Kier alpha value is -0.580. The van der Waals surface area contributed by atoms with Crippen molar-refractivity contribution in [3.63, 3.8) is 0 Å². The summed E-state index contributed by atoms with van der Waals surface area (Å²) in [4.78, 5) is 10.7. The SMILES string of the molecule is C=C(C)C(=O)OC(O)C(O)CCl. The second kappa shape index (κ2) is 5.13. The van der Waals surface area contributed by atoms with Crippen molar-refractivity contribution in [2.75, 3.05) is 5.88 Å². The van der Waals surface area contributed by atoms with Crippen LogP contribution >= 0.6 is 11.6 Å². The highest BCUT2D eigenvalue weighted by Crippen LogP contribution is 2.01. The molecule has 0 aromatic heterocycles. The van der Waals surface area contributed by atoms with Gasteiger partial charge in [-0.1, -0.05) is 6.58 Å². The molecule has 0 spiro atoms. The van der Waals surface area contributed by atoms with Gasteiger partial charge in [0.1, 0.15) is 6.10 Å². The van der Waals surface area contributed by atoms with Crippen LogP contribution in [-0.2, 0) is 9.53 Å². The van der Waals surface area contributed by atoms with E-state index >= 15 is 0 Å². The van der Waals surface area contributed by atoms with Crippen molar-refractivity contribution in [1.82, 2.24) is 0 Å². The highest BCUT2D eigenvalue weighted by Gasteiger charge is 2.19. The van der Waals surface area contributed by atoms with Crippen molar-refractivity contribution < 1.29 is 19.7 Å². The Labute approximate surface area is 75.4 Å². The van der Waals surface area contributed by atoms with E-state index in [1.165, 1.54) is 6.92 Å². The lowest BCUT2D eigenvalue weighted by Crippen LogP contribution is -2.32. The van der Waals surface area contributed by atoms with Crippen LogP contribution in [0.4, 0.5) is 0 Å². The van der Waals surface area contributed by atoms with E-state index in [1.54, 1.807) is 0 Å². The number of ether oxygens (including phenoxy) is 1. The molecule has 5 heteroatoms. The molecule has 2 N–H and O–H groups in total. The van der Waals surface area contributed by atoms with E-state index < -0.39 is 18.4 Å². The number of alkyl halides is 1. The molecule has 0 fully saturated rings. The van der Waals surface area contributed by atoms with Crippen molar-refractivity contribution in [1.29, 1.82) is 0 Å². The minimum absolute atomic E-state index is 0.149. The van der Waals surface area contributed by atoms with Gasteiger partial charge in [0.15, 0.2) is 0 Å². The zero-order chi connectivity index (χ0) is 9.72. The van der Waals surface area contributed by atoms with Crippen LogP contribution in [0.3, 0.4) is 0 Å². The number of hydrogen-bond acceptors (Lipinski definition) is 4. The van der Waals surface area contributed by atoms with E-state index in [4.69, 9.17) is 21.8 Å². The van der Waals surface area contributed by atoms with Crippen LogP contribution in [0.5, 0.6) is 0 Å². The van der Waals surface area contributed by atoms with Gasteiger partial charge in [0.25, 0.3) is 0 Å². The lowest BCUT2D eigenvalue weighted by molar-refractivity contribution is -0.179. The zero-order valence-electron chi connectivity index (χ0n) is 6.66. The molecule has 0 bridgehead atoms. The third kappa shape index (κ3) is 3.71. The molecule has 4 nitrogen and oxygen atoms in total. The fraction of sp³-hybridized carbons (Fsp3) is 0.571. The fourth-order valence-electron chi connectivity index (χ4n) is 0.365. The molecule has 0 aromatic rings. The number of carbonyl (C=O) groups is 1. The van der Waals surface area contributed by atoms with Gasteiger partial charge in [-0.05, 0) is 6.92 Å². The Morgan fingerprint density at radius 3 is 2.50 bits per heavy atom. The van der Waals surface area contributed by atoms with Crippen molar-refractivity contribution >= 4 is 17.6 Å². The lowest BCUT2D eigenvalue weighted by atomic mass is 10.3. The Morgan fingerprint density at radius 1 is 1.67 bits per heavy atom. The van der Waals surface area contributed by atoms with Crippen LogP contribution in [0.15, 0.2) is 12.2 Å². The molecule has 2 unspecified atom stereocenters. The summed E-state index contributed by atoms with van der Waals surface area (Å²) in [5.41, 5.74) is 0.149. The number of halogens is 1. The van der Waals surface area contributed by atoms with Gasteiger partial charge in [-0.2, -0.15) is 0 Å². The van der Waals surface area contributed by atoms with Gasteiger partial charge in [-0.15, -0.1) is 11.6 Å². The summed E-state index contributed by atoms with van der Waals surface area (Å²) in [6.45, 7) is 4.73. The Kier molecular flexibility index (Phi) is 4.89. The summed E-state index contributed by atoms with van der Waals surface area (Å²) >= 11 is 5.19. The minimum atomic E-state index is -1.59. The summed E-state index contributed by atoms with van der Waals surface area (Å²) in [6.07, 6.45) is -2.86. The van der Waals surface area contributed by atoms with Crippen molar-refractivity contribution in [2.45, 2.75) is 19.3 Å². The molecule has 0 aromatic carbocycles. The van der Waals surface area contributed by atoms with Gasteiger partial charge in [-0.25, -0.2) is 4.79 Å². The largest absolute Gasteiger partial charge is 0.430 e. The lowest BCUT2D eigenvalue weighted by Gasteiger charge is -2.15. The second-order valence-corrected chi connectivity index (χ2v) is 2.61. The van der Waals surface area contributed by atoms with Gasteiger partial charge < -0.3 is 14.9 Å². The minimum Gasteiger partial charge on any atom is -0.430 e. The molecule has 0 saturated heterocycles. The summed E-state index contributed by atoms with van der Waals surface area (Å²) < 4.78 is 4.35. The molecule has 70 valence electrons. The Bertz CT molecular complexity index is 180. The maximum Gasteiger partial charge on any atom is 0.335 e. The van der Waals surface area contributed by atoms with E-state index in [0.717, 1.165) is 0 Å². The van der Waals surface area contributed by atoms with Crippen LogP contribution in [0.2, 0.25) is 0 Å². The molecule has 0 aliphatic heterocycles. The predicted octanol–water partition coefficient (Wildman–Crippen LogP) is 0.0238. The van der Waals surface area contributed by atoms with Gasteiger partial charge in [0.2, 0.25) is 6.29 Å². The summed E-state index contributed by atoms with van der Waals surface area (Å²) in [5, 5.41) is 17.8. The number of aliphatic hydroxyl groups is 2. The maximum atomic E-state index is 10.7. The summed E-state index contributed by atoms with van der Waals surface area (Å²) in [6, 6.07) is 0. The highest BCUT2D eigenvalue weighted by atomic mass is 35.5. The molecule has 0 radical (unpaired) electrons. The third-order valence-electron chi connectivity index (χ3n) is 1.06. The van der Waals surface area contributed by atoms with Crippen molar-refractivity contribution in [2.24, 2.45) is 0 Å². The molecular formula is C7H11ClO4. The Morgan fingerprint density at radius 2 is 2.17 bits per heavy atom. The quantitative estimate of drug-likeness (QED) is 0.287. The predicted molar refractivity (Wildman–Crippen MR) is 43.6 cm³/mol. The molecule has 0 aliphatic rings. The van der Waals surface area contributed by atoms with Crippen LogP contribution in [0.1, 0.15) is 6.92 Å². The molecule has 12 heavy (non-hydrogen) atoms. The summed E-state index contributed by atoms with van der Waals surface area (Å²) in [5.74, 6) is -0.961. The average Bonchev–Trinajstić information content (AvgIpc) is 2.02. The van der Waals surface area contributed by atoms with Crippen LogP contribution in [0.25, 0.3) is 0 Å². The smallest absolute Gasteiger partial charge is 0.335 e. The normalized spacial score (nSPS) is 15.0. The van der Waals surface area contributed by atoms with E-state index in [1.807, 2.05) is 0 Å². The fourth-order valence-corrected chi connectivity index (χ4v) is 0.517. The molecular weight excluding hydrogens is 184 g/mol.